The Hall–Kier alpha value is -1.44. The van der Waals surface area contributed by atoms with Crippen LogP contribution in [0.5, 0.6) is 0 Å². The van der Waals surface area contributed by atoms with E-state index in [2.05, 4.69) is 34.4 Å². The number of carbonyl (C=O) groups is 2. The molecule has 2 aliphatic rings. The molecule has 0 atom stereocenters. The number of hydrogen-bond acceptors (Lipinski definition) is 4. The quantitative estimate of drug-likeness (QED) is 0.442. The summed E-state index contributed by atoms with van der Waals surface area (Å²) in [6, 6.07) is -0.319. The fourth-order valence-electron chi connectivity index (χ4n) is 2.56. The maximum atomic E-state index is 11.5. The Morgan fingerprint density at radius 1 is 1.45 bits per heavy atom. The minimum atomic E-state index is -0.319. The number of thioether (sulfide) groups is 1. The van der Waals surface area contributed by atoms with Crippen LogP contribution in [0.15, 0.2) is 4.99 Å². The van der Waals surface area contributed by atoms with Crippen LogP contribution in [0.1, 0.15) is 20.8 Å². The standard InChI is InChI=1S/C14H25N5O2S/c1-4-15-12(18-7-8-22-14(2,3)10-18)16-5-6-19-11(20)9-17-13(19)21/h4-10H2,1-3H3,(H,15,16)(H,17,21). The summed E-state index contributed by atoms with van der Waals surface area (Å²) < 4.78 is 0.208. The van der Waals surface area contributed by atoms with E-state index in [0.29, 0.717) is 13.1 Å². The largest absolute Gasteiger partial charge is 0.357 e. The van der Waals surface area contributed by atoms with Gasteiger partial charge in [-0.15, -0.1) is 0 Å². The summed E-state index contributed by atoms with van der Waals surface area (Å²) in [5, 5.41) is 5.82. The molecule has 3 amide bonds. The molecule has 0 aromatic carbocycles. The van der Waals surface area contributed by atoms with E-state index < -0.39 is 0 Å². The second-order valence-electron chi connectivity index (χ2n) is 5.97. The first-order valence-corrected chi connectivity index (χ1v) is 8.67. The molecule has 0 radical (unpaired) electrons. The molecule has 0 aromatic rings. The van der Waals surface area contributed by atoms with Gasteiger partial charge < -0.3 is 15.5 Å². The number of nitrogens with zero attached hydrogens (tertiary/aromatic N) is 3. The van der Waals surface area contributed by atoms with Crippen LogP contribution in [0, 0.1) is 0 Å². The van der Waals surface area contributed by atoms with E-state index in [1.165, 1.54) is 4.90 Å². The number of rotatable bonds is 4. The molecule has 2 rings (SSSR count). The van der Waals surface area contributed by atoms with E-state index >= 15 is 0 Å². The Bertz CT molecular complexity index is 450. The second-order valence-corrected chi connectivity index (χ2v) is 7.77. The van der Waals surface area contributed by atoms with Crippen molar-refractivity contribution in [3.8, 4) is 0 Å². The highest BCUT2D eigenvalue weighted by Crippen LogP contribution is 2.29. The molecule has 124 valence electrons. The van der Waals surface area contributed by atoms with Crippen molar-refractivity contribution >= 4 is 29.7 Å². The summed E-state index contributed by atoms with van der Waals surface area (Å²) in [5.41, 5.74) is 0. The predicted molar refractivity (Wildman–Crippen MR) is 89.2 cm³/mol. The molecule has 0 aliphatic carbocycles. The Balaban J connectivity index is 1.95. The van der Waals surface area contributed by atoms with Gasteiger partial charge in [0.2, 0.25) is 5.91 Å². The van der Waals surface area contributed by atoms with Crippen molar-refractivity contribution in [1.29, 1.82) is 0 Å². The second kappa shape index (κ2) is 7.21. The van der Waals surface area contributed by atoms with E-state index in [1.54, 1.807) is 0 Å². The van der Waals surface area contributed by atoms with Crippen molar-refractivity contribution in [2.24, 2.45) is 4.99 Å². The smallest absolute Gasteiger partial charge is 0.324 e. The summed E-state index contributed by atoms with van der Waals surface area (Å²) in [6.45, 7) is 10.1. The summed E-state index contributed by atoms with van der Waals surface area (Å²) >= 11 is 1.97. The number of amides is 3. The van der Waals surface area contributed by atoms with Gasteiger partial charge in [0, 0.05) is 30.1 Å². The van der Waals surface area contributed by atoms with Gasteiger partial charge in [-0.05, 0) is 20.8 Å². The molecule has 2 N–H and O–H groups in total. The third-order valence-electron chi connectivity index (χ3n) is 3.58. The molecule has 22 heavy (non-hydrogen) atoms. The Morgan fingerprint density at radius 3 is 2.82 bits per heavy atom. The van der Waals surface area contributed by atoms with Crippen molar-refractivity contribution in [3.05, 3.63) is 0 Å². The first-order chi connectivity index (χ1) is 10.4. The number of carbonyl (C=O) groups excluding carboxylic acids is 2. The molecule has 0 bridgehead atoms. The van der Waals surface area contributed by atoms with Gasteiger partial charge in [-0.1, -0.05) is 0 Å². The van der Waals surface area contributed by atoms with Gasteiger partial charge in [-0.3, -0.25) is 14.7 Å². The molecule has 0 unspecified atom stereocenters. The molecule has 8 heteroatoms. The minimum Gasteiger partial charge on any atom is -0.357 e. The third-order valence-corrected chi connectivity index (χ3v) is 4.88. The third kappa shape index (κ3) is 4.28. The van der Waals surface area contributed by atoms with Crippen LogP contribution >= 0.6 is 11.8 Å². The number of aliphatic imine (C=N–C) groups is 1. The lowest BCUT2D eigenvalue weighted by molar-refractivity contribution is -0.124. The molecule has 2 aliphatic heterocycles. The minimum absolute atomic E-state index is 0.0974. The highest BCUT2D eigenvalue weighted by atomic mass is 32.2. The van der Waals surface area contributed by atoms with Crippen LogP contribution in [0.25, 0.3) is 0 Å². The average Bonchev–Trinajstić information content (AvgIpc) is 2.77. The fraction of sp³-hybridized carbons (Fsp3) is 0.786. The lowest BCUT2D eigenvalue weighted by Gasteiger charge is -2.39. The van der Waals surface area contributed by atoms with Crippen molar-refractivity contribution in [2.45, 2.75) is 25.5 Å². The Kier molecular flexibility index (Phi) is 5.55. The number of urea groups is 1. The van der Waals surface area contributed by atoms with Gasteiger partial charge in [-0.25, -0.2) is 4.79 Å². The lowest BCUT2D eigenvalue weighted by Crippen LogP contribution is -2.51. The van der Waals surface area contributed by atoms with Crippen molar-refractivity contribution in [2.75, 3.05) is 45.0 Å². The molecule has 7 nitrogen and oxygen atoms in total. The van der Waals surface area contributed by atoms with E-state index in [4.69, 9.17) is 0 Å². The zero-order valence-corrected chi connectivity index (χ0v) is 14.3. The summed E-state index contributed by atoms with van der Waals surface area (Å²) in [5.74, 6) is 1.76. The van der Waals surface area contributed by atoms with Crippen molar-refractivity contribution < 1.29 is 9.59 Å². The normalized spacial score (nSPS) is 22.0. The van der Waals surface area contributed by atoms with E-state index in [1.807, 2.05) is 18.7 Å². The molecule has 0 saturated carbocycles. The van der Waals surface area contributed by atoms with E-state index in [-0.39, 0.29) is 23.2 Å². The van der Waals surface area contributed by atoms with Crippen molar-refractivity contribution in [3.63, 3.8) is 0 Å². The molecular formula is C14H25N5O2S. The fourth-order valence-corrected chi connectivity index (χ4v) is 3.67. The Morgan fingerprint density at radius 2 is 2.23 bits per heavy atom. The van der Waals surface area contributed by atoms with Crippen LogP contribution in [0.2, 0.25) is 0 Å². The van der Waals surface area contributed by atoms with Crippen LogP contribution in [-0.4, -0.2) is 77.5 Å². The molecule has 2 fully saturated rings. The average molecular weight is 327 g/mol. The van der Waals surface area contributed by atoms with Gasteiger partial charge in [0.05, 0.1) is 19.6 Å². The molecular weight excluding hydrogens is 302 g/mol. The molecule has 0 aromatic heterocycles. The molecule has 2 saturated heterocycles. The van der Waals surface area contributed by atoms with Crippen LogP contribution in [-0.2, 0) is 4.79 Å². The van der Waals surface area contributed by atoms with Crippen LogP contribution in [0.4, 0.5) is 4.79 Å². The highest BCUT2D eigenvalue weighted by molar-refractivity contribution is 8.00. The summed E-state index contributed by atoms with van der Waals surface area (Å²) in [6.07, 6.45) is 0. The lowest BCUT2D eigenvalue weighted by atomic mass is 10.2. The zero-order valence-electron chi connectivity index (χ0n) is 13.5. The zero-order chi connectivity index (χ0) is 16.2. The van der Waals surface area contributed by atoms with Crippen LogP contribution in [0.3, 0.4) is 0 Å². The maximum Gasteiger partial charge on any atom is 0.324 e. The maximum absolute atomic E-state index is 11.5. The SMILES string of the molecule is CCNC(=NCCN1C(=O)CNC1=O)N1CCSC(C)(C)C1. The topological polar surface area (TPSA) is 77.0 Å². The number of imide groups is 1. The highest BCUT2D eigenvalue weighted by Gasteiger charge is 2.29. The van der Waals surface area contributed by atoms with Gasteiger partial charge in [-0.2, -0.15) is 11.8 Å². The predicted octanol–water partition coefficient (Wildman–Crippen LogP) is 0.331. The van der Waals surface area contributed by atoms with Crippen LogP contribution < -0.4 is 10.6 Å². The first kappa shape index (κ1) is 16.9. The Labute approximate surface area is 135 Å². The number of nitrogens with one attached hydrogen (secondary N) is 2. The number of hydrogen-bond donors (Lipinski definition) is 2. The van der Waals surface area contributed by atoms with Gasteiger partial charge in [0.25, 0.3) is 0 Å². The summed E-state index contributed by atoms with van der Waals surface area (Å²) in [4.78, 5) is 31.1. The van der Waals surface area contributed by atoms with E-state index in [0.717, 1.165) is 31.3 Å². The van der Waals surface area contributed by atoms with Crippen molar-refractivity contribution in [1.82, 2.24) is 20.4 Å². The van der Waals surface area contributed by atoms with E-state index in [9.17, 15) is 9.59 Å². The summed E-state index contributed by atoms with van der Waals surface area (Å²) in [7, 11) is 0. The van der Waals surface area contributed by atoms with Gasteiger partial charge in [0.15, 0.2) is 5.96 Å². The monoisotopic (exact) mass is 327 g/mol. The molecule has 0 spiro atoms. The molecule has 2 heterocycles. The van der Waals surface area contributed by atoms with Gasteiger partial charge in [0.1, 0.15) is 0 Å². The first-order valence-electron chi connectivity index (χ1n) is 7.68. The number of guanidine groups is 1. The van der Waals surface area contributed by atoms with Gasteiger partial charge >= 0.3 is 6.03 Å².